The van der Waals surface area contributed by atoms with Crippen LogP contribution in [0.25, 0.3) is 0 Å². The first kappa shape index (κ1) is 16.5. The summed E-state index contributed by atoms with van der Waals surface area (Å²) in [5.41, 5.74) is 0.736. The smallest absolute Gasteiger partial charge is 0.282 e. The Balaban J connectivity index is 2.12. The van der Waals surface area contributed by atoms with Crippen LogP contribution < -0.4 is 10.1 Å². The van der Waals surface area contributed by atoms with Gasteiger partial charge in [0.2, 0.25) is 0 Å². The van der Waals surface area contributed by atoms with Gasteiger partial charge in [0, 0.05) is 6.07 Å². The molecule has 120 valence electrons. The Labute approximate surface area is 134 Å². The molecule has 2 aromatic rings. The number of ether oxygens (including phenoxy) is 1. The number of hydrogen-bond acceptors (Lipinski definition) is 4. The minimum atomic E-state index is -0.559. The Morgan fingerprint density at radius 1 is 1.22 bits per heavy atom. The lowest BCUT2D eigenvalue weighted by atomic mass is 10.1. The summed E-state index contributed by atoms with van der Waals surface area (Å²) in [6.45, 7) is 4.31. The van der Waals surface area contributed by atoms with E-state index in [9.17, 15) is 14.9 Å². The predicted molar refractivity (Wildman–Crippen MR) is 86.6 cm³/mol. The third-order valence-corrected chi connectivity index (χ3v) is 3.38. The quantitative estimate of drug-likeness (QED) is 0.653. The van der Waals surface area contributed by atoms with Crippen molar-refractivity contribution in [2.75, 3.05) is 6.61 Å². The molecule has 0 aliphatic rings. The third kappa shape index (κ3) is 4.06. The molecular formula is C17H18N2O4. The highest BCUT2D eigenvalue weighted by molar-refractivity contribution is 5.98. The molecule has 6 heteroatoms. The predicted octanol–water partition coefficient (Wildman–Crippen LogP) is 3.48. The van der Waals surface area contributed by atoms with E-state index in [4.69, 9.17) is 4.74 Å². The summed E-state index contributed by atoms with van der Waals surface area (Å²) in [6, 6.07) is 13.0. The monoisotopic (exact) mass is 314 g/mol. The van der Waals surface area contributed by atoms with E-state index in [1.807, 2.05) is 38.1 Å². The molecule has 0 saturated carbocycles. The number of amides is 1. The van der Waals surface area contributed by atoms with E-state index < -0.39 is 10.8 Å². The van der Waals surface area contributed by atoms with Crippen LogP contribution in [-0.4, -0.2) is 17.4 Å². The van der Waals surface area contributed by atoms with Crippen LogP contribution in [0.15, 0.2) is 48.5 Å². The maximum absolute atomic E-state index is 12.3. The van der Waals surface area contributed by atoms with Crippen LogP contribution in [0.4, 0.5) is 5.69 Å². The van der Waals surface area contributed by atoms with E-state index in [-0.39, 0.29) is 17.3 Å². The molecule has 6 nitrogen and oxygen atoms in total. The van der Waals surface area contributed by atoms with Crippen molar-refractivity contribution < 1.29 is 14.5 Å². The maximum atomic E-state index is 12.3. The Kier molecular flexibility index (Phi) is 5.30. The van der Waals surface area contributed by atoms with Crippen LogP contribution in [0.2, 0.25) is 0 Å². The van der Waals surface area contributed by atoms with Crippen molar-refractivity contribution in [2.45, 2.75) is 19.9 Å². The Morgan fingerprint density at radius 2 is 1.87 bits per heavy atom. The molecule has 0 aliphatic heterocycles. The molecule has 0 aliphatic carbocycles. The Hall–Kier alpha value is -2.89. The number of nitrogens with zero attached hydrogens (tertiary/aromatic N) is 1. The topological polar surface area (TPSA) is 81.5 Å². The molecule has 0 fully saturated rings. The molecule has 2 rings (SSSR count). The number of nitro groups is 1. The van der Waals surface area contributed by atoms with E-state index in [0.717, 1.165) is 11.3 Å². The molecule has 1 N–H and O–H groups in total. The zero-order chi connectivity index (χ0) is 16.8. The average Bonchev–Trinajstić information content (AvgIpc) is 2.55. The largest absolute Gasteiger partial charge is 0.494 e. The van der Waals surface area contributed by atoms with Crippen molar-refractivity contribution in [3.05, 3.63) is 69.8 Å². The first-order chi connectivity index (χ1) is 11.0. The Morgan fingerprint density at radius 3 is 2.48 bits per heavy atom. The van der Waals surface area contributed by atoms with Gasteiger partial charge in [0.05, 0.1) is 17.6 Å². The number of para-hydroxylation sites is 1. The molecule has 1 amide bonds. The van der Waals surface area contributed by atoms with E-state index in [2.05, 4.69) is 5.32 Å². The first-order valence-corrected chi connectivity index (χ1v) is 7.30. The van der Waals surface area contributed by atoms with Gasteiger partial charge >= 0.3 is 0 Å². The van der Waals surface area contributed by atoms with Crippen LogP contribution in [0.5, 0.6) is 5.75 Å². The average molecular weight is 314 g/mol. The lowest BCUT2D eigenvalue weighted by Gasteiger charge is -2.15. The molecule has 1 atom stereocenters. The fraction of sp³-hybridized carbons (Fsp3) is 0.235. The van der Waals surface area contributed by atoms with Gasteiger partial charge in [-0.3, -0.25) is 14.9 Å². The number of hydrogen-bond donors (Lipinski definition) is 1. The van der Waals surface area contributed by atoms with Crippen molar-refractivity contribution in [1.82, 2.24) is 5.32 Å². The van der Waals surface area contributed by atoms with Crippen LogP contribution >= 0.6 is 0 Å². The summed E-state index contributed by atoms with van der Waals surface area (Å²) in [4.78, 5) is 22.7. The van der Waals surface area contributed by atoms with E-state index in [1.54, 1.807) is 6.07 Å². The van der Waals surface area contributed by atoms with Gasteiger partial charge in [-0.1, -0.05) is 24.3 Å². The minimum absolute atomic E-state index is 0.0512. The standard InChI is InChI=1S/C17H18N2O4/c1-3-23-14-10-8-13(9-11-14)12(2)18-17(20)15-6-4-5-7-16(15)19(21)22/h4-12H,3H2,1-2H3,(H,18,20)/t12-/m1/s1. The van der Waals surface area contributed by atoms with Gasteiger partial charge in [-0.15, -0.1) is 0 Å². The van der Waals surface area contributed by atoms with Crippen LogP contribution in [0.3, 0.4) is 0 Å². The normalized spacial score (nSPS) is 11.6. The molecule has 0 spiro atoms. The van der Waals surface area contributed by atoms with Crippen molar-refractivity contribution in [1.29, 1.82) is 0 Å². The lowest BCUT2D eigenvalue weighted by molar-refractivity contribution is -0.385. The van der Waals surface area contributed by atoms with Crippen molar-refractivity contribution in [3.63, 3.8) is 0 Å². The van der Waals surface area contributed by atoms with E-state index in [0.29, 0.717) is 6.61 Å². The molecule has 0 saturated heterocycles. The van der Waals surface area contributed by atoms with Gasteiger partial charge in [0.1, 0.15) is 11.3 Å². The molecule has 0 aromatic heterocycles. The molecule has 0 bridgehead atoms. The fourth-order valence-corrected chi connectivity index (χ4v) is 2.20. The summed E-state index contributed by atoms with van der Waals surface area (Å²) in [5.74, 6) is 0.284. The SMILES string of the molecule is CCOc1ccc([C@@H](C)NC(=O)c2ccccc2[N+](=O)[O-])cc1. The van der Waals surface area contributed by atoms with Crippen molar-refractivity contribution in [3.8, 4) is 5.75 Å². The molecular weight excluding hydrogens is 296 g/mol. The number of benzene rings is 2. The van der Waals surface area contributed by atoms with E-state index >= 15 is 0 Å². The van der Waals surface area contributed by atoms with Gasteiger partial charge in [-0.05, 0) is 37.6 Å². The molecule has 2 aromatic carbocycles. The van der Waals surface area contributed by atoms with Gasteiger partial charge in [-0.25, -0.2) is 0 Å². The number of nitro benzene ring substituents is 1. The number of nitrogens with one attached hydrogen (secondary N) is 1. The Bertz CT molecular complexity index is 698. The van der Waals surface area contributed by atoms with Crippen LogP contribution in [-0.2, 0) is 0 Å². The van der Waals surface area contributed by atoms with E-state index in [1.165, 1.54) is 18.2 Å². The summed E-state index contributed by atoms with van der Waals surface area (Å²) in [5, 5.41) is 13.8. The van der Waals surface area contributed by atoms with Crippen LogP contribution in [0.1, 0.15) is 35.8 Å². The van der Waals surface area contributed by atoms with Gasteiger partial charge < -0.3 is 10.1 Å². The van der Waals surface area contributed by atoms with Gasteiger partial charge in [-0.2, -0.15) is 0 Å². The molecule has 0 radical (unpaired) electrons. The molecule has 23 heavy (non-hydrogen) atoms. The second-order valence-electron chi connectivity index (χ2n) is 4.97. The van der Waals surface area contributed by atoms with Crippen molar-refractivity contribution in [2.24, 2.45) is 0 Å². The third-order valence-electron chi connectivity index (χ3n) is 3.38. The highest BCUT2D eigenvalue weighted by Crippen LogP contribution is 2.21. The van der Waals surface area contributed by atoms with Gasteiger partial charge in [0.15, 0.2) is 0 Å². The zero-order valence-corrected chi connectivity index (χ0v) is 13.0. The minimum Gasteiger partial charge on any atom is -0.494 e. The number of carbonyl (C=O) groups is 1. The summed E-state index contributed by atoms with van der Waals surface area (Å²) in [7, 11) is 0. The maximum Gasteiger partial charge on any atom is 0.282 e. The zero-order valence-electron chi connectivity index (χ0n) is 13.0. The molecule has 0 heterocycles. The summed E-state index contributed by atoms with van der Waals surface area (Å²) >= 11 is 0. The highest BCUT2D eigenvalue weighted by Gasteiger charge is 2.20. The summed E-state index contributed by atoms with van der Waals surface area (Å²) in [6.07, 6.45) is 0. The number of rotatable bonds is 6. The fourth-order valence-electron chi connectivity index (χ4n) is 2.20. The molecule has 0 unspecified atom stereocenters. The van der Waals surface area contributed by atoms with Gasteiger partial charge in [0.25, 0.3) is 11.6 Å². The second kappa shape index (κ2) is 7.40. The highest BCUT2D eigenvalue weighted by atomic mass is 16.6. The van der Waals surface area contributed by atoms with Crippen LogP contribution in [0, 0.1) is 10.1 Å². The lowest BCUT2D eigenvalue weighted by Crippen LogP contribution is -2.27. The number of carbonyl (C=O) groups excluding carboxylic acids is 1. The first-order valence-electron chi connectivity index (χ1n) is 7.30. The summed E-state index contributed by atoms with van der Waals surface area (Å²) < 4.78 is 5.37. The van der Waals surface area contributed by atoms with Crippen molar-refractivity contribution >= 4 is 11.6 Å². The second-order valence-corrected chi connectivity index (χ2v) is 4.97.